The number of aliphatic hydroxyl groups is 1. The average Bonchev–Trinajstić information content (AvgIpc) is 3.03. The number of nitrogens with zero attached hydrogens (tertiary/aromatic N) is 3. The molecule has 2 heterocycles. The van der Waals surface area contributed by atoms with Crippen LogP contribution in [0.25, 0.3) is 0 Å². The van der Waals surface area contributed by atoms with Crippen LogP contribution in [0.3, 0.4) is 0 Å². The molecule has 0 spiro atoms. The highest BCUT2D eigenvalue weighted by Gasteiger charge is 2.41. The maximum Gasteiger partial charge on any atom is 0.230 e. The third-order valence-corrected chi connectivity index (χ3v) is 4.60. The summed E-state index contributed by atoms with van der Waals surface area (Å²) in [7, 11) is 3.89. The molecule has 2 N–H and O–H groups in total. The first-order valence-electron chi connectivity index (χ1n) is 7.66. The number of carbonyl (C=O) groups is 1. The molecule has 1 aliphatic heterocycles. The zero-order valence-electron chi connectivity index (χ0n) is 12.8. The van der Waals surface area contributed by atoms with Crippen molar-refractivity contribution in [3.63, 3.8) is 0 Å². The molecular weight excluding hydrogens is 268 g/mol. The van der Waals surface area contributed by atoms with Gasteiger partial charge in [-0.15, -0.1) is 0 Å². The van der Waals surface area contributed by atoms with Crippen molar-refractivity contribution in [2.75, 3.05) is 33.7 Å². The van der Waals surface area contributed by atoms with Gasteiger partial charge in [-0.1, -0.05) is 0 Å². The fraction of sp³-hybridized carbons (Fsp3) is 0.733. The van der Waals surface area contributed by atoms with E-state index < -0.39 is 5.60 Å². The summed E-state index contributed by atoms with van der Waals surface area (Å²) in [5.41, 5.74) is 1.38. The Morgan fingerprint density at radius 3 is 3.19 bits per heavy atom. The quantitative estimate of drug-likeness (QED) is 0.843. The summed E-state index contributed by atoms with van der Waals surface area (Å²) < 4.78 is 0. The van der Waals surface area contributed by atoms with Crippen molar-refractivity contribution in [3.8, 4) is 0 Å². The van der Waals surface area contributed by atoms with Crippen LogP contribution in [0.5, 0.6) is 0 Å². The summed E-state index contributed by atoms with van der Waals surface area (Å²) in [6, 6.07) is 0. The third-order valence-electron chi connectivity index (χ3n) is 4.60. The van der Waals surface area contributed by atoms with Crippen LogP contribution >= 0.6 is 0 Å². The molecule has 0 aromatic carbocycles. The number of carbonyl (C=O) groups excluding carboxylic acids is 1. The number of hydrogen-bond donors (Lipinski definition) is 2. The summed E-state index contributed by atoms with van der Waals surface area (Å²) >= 11 is 0. The number of β-amino-alcohol motifs (C(OH)–C–C–N with tert-alkyl or cyclic N) is 1. The number of hydrogen-bond acceptors (Lipinski definition) is 4. The minimum absolute atomic E-state index is 0.0887. The maximum atomic E-state index is 12.8. The van der Waals surface area contributed by atoms with Crippen LogP contribution in [-0.2, 0) is 11.2 Å². The lowest BCUT2D eigenvalue weighted by Crippen LogP contribution is -2.44. The zero-order valence-corrected chi connectivity index (χ0v) is 12.8. The Labute approximate surface area is 125 Å². The molecule has 1 fully saturated rings. The minimum atomic E-state index is -0.771. The summed E-state index contributed by atoms with van der Waals surface area (Å²) in [5.74, 6) is 0.0567. The fourth-order valence-corrected chi connectivity index (χ4v) is 3.70. The first-order chi connectivity index (χ1) is 9.98. The number of aryl methyl sites for hydroxylation is 1. The van der Waals surface area contributed by atoms with Gasteiger partial charge in [0.1, 0.15) is 0 Å². The Hall–Kier alpha value is -1.40. The van der Waals surface area contributed by atoms with E-state index in [9.17, 15) is 9.90 Å². The Morgan fingerprint density at radius 1 is 1.62 bits per heavy atom. The average molecular weight is 292 g/mol. The molecule has 1 aromatic rings. The Bertz CT molecular complexity index is 527. The van der Waals surface area contributed by atoms with Gasteiger partial charge in [0.25, 0.3) is 0 Å². The number of rotatable bonds is 3. The van der Waals surface area contributed by atoms with Crippen molar-refractivity contribution in [2.45, 2.75) is 37.2 Å². The van der Waals surface area contributed by atoms with Gasteiger partial charge in [-0.3, -0.25) is 9.89 Å². The number of fused-ring (bicyclic) bond motifs is 1. The number of aromatic nitrogens is 2. The minimum Gasteiger partial charge on any atom is -0.387 e. The molecule has 6 nitrogen and oxygen atoms in total. The number of amides is 1. The van der Waals surface area contributed by atoms with E-state index in [4.69, 9.17) is 0 Å². The van der Waals surface area contributed by atoms with Gasteiger partial charge in [0.05, 0.1) is 24.3 Å². The Kier molecular flexibility index (Phi) is 3.75. The number of nitrogens with one attached hydrogen (secondary N) is 1. The van der Waals surface area contributed by atoms with Crippen molar-refractivity contribution in [1.82, 2.24) is 20.0 Å². The standard InChI is InChI=1S/C15H24N4O2/c1-18(2)9-15(21)6-7-19(10-15)14(20)11-4-3-5-13-12(11)8-16-17-13/h8,11,21H,3-7,9-10H2,1-2H3,(H,16,17). The monoisotopic (exact) mass is 292 g/mol. The molecule has 1 aromatic heterocycles. The highest BCUT2D eigenvalue weighted by molar-refractivity contribution is 5.84. The van der Waals surface area contributed by atoms with Gasteiger partial charge < -0.3 is 14.9 Å². The molecule has 0 saturated carbocycles. The second kappa shape index (κ2) is 5.42. The van der Waals surface area contributed by atoms with E-state index in [0.29, 0.717) is 26.1 Å². The largest absolute Gasteiger partial charge is 0.387 e. The van der Waals surface area contributed by atoms with Crippen molar-refractivity contribution in [2.24, 2.45) is 0 Å². The van der Waals surface area contributed by atoms with Crippen LogP contribution in [0.15, 0.2) is 6.20 Å². The van der Waals surface area contributed by atoms with Crippen LogP contribution in [0.2, 0.25) is 0 Å². The van der Waals surface area contributed by atoms with Crippen LogP contribution in [0, 0.1) is 0 Å². The molecule has 1 saturated heterocycles. The third kappa shape index (κ3) is 2.82. The fourth-order valence-electron chi connectivity index (χ4n) is 3.70. The van der Waals surface area contributed by atoms with Gasteiger partial charge >= 0.3 is 0 Å². The molecule has 0 bridgehead atoms. The lowest BCUT2D eigenvalue weighted by molar-refractivity contribution is -0.133. The van der Waals surface area contributed by atoms with Gasteiger partial charge in [0, 0.05) is 24.3 Å². The van der Waals surface area contributed by atoms with E-state index in [1.165, 1.54) is 0 Å². The van der Waals surface area contributed by atoms with Crippen LogP contribution in [0.4, 0.5) is 0 Å². The molecule has 6 heteroatoms. The molecule has 2 atom stereocenters. The van der Waals surface area contributed by atoms with Crippen molar-refractivity contribution >= 4 is 5.91 Å². The number of aromatic amines is 1. The summed E-state index contributed by atoms with van der Waals surface area (Å²) in [5, 5.41) is 17.7. The summed E-state index contributed by atoms with van der Waals surface area (Å²) in [6.45, 7) is 1.68. The van der Waals surface area contributed by atoms with Gasteiger partial charge in [-0.05, 0) is 39.8 Å². The number of likely N-dealkylation sites (N-methyl/N-ethyl adjacent to an activating group) is 1. The first-order valence-corrected chi connectivity index (χ1v) is 7.66. The molecule has 21 heavy (non-hydrogen) atoms. The molecule has 0 radical (unpaired) electrons. The van der Waals surface area contributed by atoms with Crippen molar-refractivity contribution < 1.29 is 9.90 Å². The zero-order chi connectivity index (χ0) is 15.0. The van der Waals surface area contributed by atoms with E-state index in [1.54, 1.807) is 6.20 Å². The number of H-pyrrole nitrogens is 1. The summed E-state index contributed by atoms with van der Waals surface area (Å²) in [4.78, 5) is 16.6. The molecule has 3 rings (SSSR count). The molecule has 1 amide bonds. The van der Waals surface area contributed by atoms with Crippen LogP contribution in [-0.4, -0.2) is 70.3 Å². The Morgan fingerprint density at radius 2 is 2.43 bits per heavy atom. The van der Waals surface area contributed by atoms with Gasteiger partial charge in [0.2, 0.25) is 5.91 Å². The SMILES string of the molecule is CN(C)CC1(O)CCN(C(=O)C2CCCc3[nH]ncc32)C1. The lowest BCUT2D eigenvalue weighted by Gasteiger charge is -2.29. The lowest BCUT2D eigenvalue weighted by atomic mass is 9.86. The smallest absolute Gasteiger partial charge is 0.230 e. The second-order valence-corrected chi connectivity index (χ2v) is 6.72. The van der Waals surface area contributed by atoms with Gasteiger partial charge in [-0.2, -0.15) is 5.10 Å². The van der Waals surface area contributed by atoms with Crippen molar-refractivity contribution in [1.29, 1.82) is 0 Å². The molecule has 116 valence electrons. The van der Waals surface area contributed by atoms with E-state index in [1.807, 2.05) is 23.9 Å². The normalized spacial score (nSPS) is 29.0. The highest BCUT2D eigenvalue weighted by atomic mass is 16.3. The first kappa shape index (κ1) is 14.5. The van der Waals surface area contributed by atoms with Crippen molar-refractivity contribution in [3.05, 3.63) is 17.5 Å². The predicted molar refractivity (Wildman–Crippen MR) is 79.0 cm³/mol. The molecule has 2 unspecified atom stereocenters. The molecular formula is C15H24N4O2. The second-order valence-electron chi connectivity index (χ2n) is 6.72. The van der Waals surface area contributed by atoms with E-state index in [0.717, 1.165) is 30.5 Å². The van der Waals surface area contributed by atoms with E-state index in [2.05, 4.69) is 10.2 Å². The van der Waals surface area contributed by atoms with E-state index >= 15 is 0 Å². The molecule has 2 aliphatic rings. The maximum absolute atomic E-state index is 12.8. The van der Waals surface area contributed by atoms with Crippen LogP contribution in [0.1, 0.15) is 36.4 Å². The van der Waals surface area contributed by atoms with Gasteiger partial charge in [-0.25, -0.2) is 0 Å². The topological polar surface area (TPSA) is 72.5 Å². The van der Waals surface area contributed by atoms with Crippen LogP contribution < -0.4 is 0 Å². The predicted octanol–water partition coefficient (Wildman–Crippen LogP) is 0.355. The Balaban J connectivity index is 1.71. The van der Waals surface area contributed by atoms with Gasteiger partial charge in [0.15, 0.2) is 0 Å². The highest BCUT2D eigenvalue weighted by Crippen LogP contribution is 2.33. The number of likely N-dealkylation sites (tertiary alicyclic amines) is 1. The molecule has 1 aliphatic carbocycles. The van der Waals surface area contributed by atoms with E-state index in [-0.39, 0.29) is 11.8 Å². The summed E-state index contributed by atoms with van der Waals surface area (Å²) in [6.07, 6.45) is 5.32.